The van der Waals surface area contributed by atoms with Crippen LogP contribution in [0, 0.1) is 5.82 Å². The van der Waals surface area contributed by atoms with Crippen LogP contribution >= 0.6 is 0 Å². The van der Waals surface area contributed by atoms with Crippen molar-refractivity contribution in [1.29, 1.82) is 0 Å². The molecule has 1 atom stereocenters. The summed E-state index contributed by atoms with van der Waals surface area (Å²) in [5.41, 5.74) is 3.14. The minimum atomic E-state index is -4.07. The fourth-order valence-electron chi connectivity index (χ4n) is 5.41. The number of nitrogens with zero attached hydrogens (tertiary/aromatic N) is 3. The Morgan fingerprint density at radius 1 is 0.938 bits per heavy atom. The zero-order valence-corrected chi connectivity index (χ0v) is 27.7. The Balaban J connectivity index is 1.62. The van der Waals surface area contributed by atoms with Crippen molar-refractivity contribution in [3.8, 4) is 33.9 Å². The van der Waals surface area contributed by atoms with E-state index < -0.39 is 38.0 Å². The van der Waals surface area contributed by atoms with Crippen molar-refractivity contribution in [1.82, 2.24) is 15.3 Å². The number of amides is 1. The molecule has 6 aromatic rings. The van der Waals surface area contributed by atoms with E-state index in [1.54, 1.807) is 48.7 Å². The van der Waals surface area contributed by atoms with E-state index >= 15 is 0 Å². The number of nitrogens with one attached hydrogen (secondary N) is 1. The van der Waals surface area contributed by atoms with Crippen LogP contribution in [-0.2, 0) is 24.3 Å². The molecule has 6 rings (SSSR count). The number of hydrogen-bond acceptors (Lipinski definition) is 10. The Morgan fingerprint density at radius 3 is 2.33 bits per heavy atom. The maximum Gasteiger partial charge on any atom is 0.264 e. The second-order valence-corrected chi connectivity index (χ2v) is 14.6. The quantitative estimate of drug-likeness (QED) is 0.179. The molecule has 3 aromatic heterocycles. The third kappa shape index (κ3) is 6.65. The van der Waals surface area contributed by atoms with Crippen LogP contribution < -0.4 is 9.62 Å². The minimum Gasteiger partial charge on any atom is -0.455 e. The topological polar surface area (TPSA) is 162 Å². The van der Waals surface area contributed by atoms with Gasteiger partial charge >= 0.3 is 0 Å². The van der Waals surface area contributed by atoms with Crippen LogP contribution in [0.25, 0.3) is 56.1 Å². The molecule has 0 radical (unpaired) electrons. The van der Waals surface area contributed by atoms with Crippen LogP contribution in [0.5, 0.6) is 0 Å². The van der Waals surface area contributed by atoms with Gasteiger partial charge in [-0.2, -0.15) is 13.4 Å². The first-order chi connectivity index (χ1) is 22.7. The number of rotatable bonds is 10. The van der Waals surface area contributed by atoms with E-state index in [2.05, 4.69) is 15.3 Å². The summed E-state index contributed by atoms with van der Waals surface area (Å²) in [6, 6.07) is 18.9. The largest absolute Gasteiger partial charge is 0.455 e. The summed E-state index contributed by atoms with van der Waals surface area (Å²) < 4.78 is 82.6. The SMILES string of the molecule is CNC(=O)c1c(-c2ccc(F)cc2)oc2cc(N(CC(C)OS(C)(=O)=O)S(C)(=O)=O)c(-c3cccc(-c4nc5ncccc5o4)c3)cc12. The standard InChI is InChI=1S/C33H29FN4O8S2/c1-19(46-48(4,42)43)18-38(47(3,40)41)26-17-28-25(29(32(39)35-2)30(44-28)20-10-12-23(34)13-11-20)16-24(26)21-7-5-8-22(15-21)33-37-31-27(45-33)9-6-14-36-31/h5-17,19H,18H2,1-4H3,(H,35,39). The van der Waals surface area contributed by atoms with Crippen molar-refractivity contribution in [2.24, 2.45) is 0 Å². The molecule has 1 N–H and O–H groups in total. The molecule has 248 valence electrons. The van der Waals surface area contributed by atoms with Gasteiger partial charge in [0.05, 0.1) is 36.4 Å². The molecular weight excluding hydrogens is 664 g/mol. The molecule has 12 nitrogen and oxygen atoms in total. The molecule has 0 saturated heterocycles. The molecule has 15 heteroatoms. The van der Waals surface area contributed by atoms with Gasteiger partial charge < -0.3 is 14.2 Å². The zero-order valence-electron chi connectivity index (χ0n) is 26.1. The van der Waals surface area contributed by atoms with E-state index in [0.717, 1.165) is 16.8 Å². The third-order valence-electron chi connectivity index (χ3n) is 7.38. The van der Waals surface area contributed by atoms with Crippen molar-refractivity contribution in [3.63, 3.8) is 0 Å². The van der Waals surface area contributed by atoms with Crippen LogP contribution in [-0.4, -0.2) is 64.9 Å². The van der Waals surface area contributed by atoms with Crippen LogP contribution in [0.4, 0.5) is 10.1 Å². The first-order valence-corrected chi connectivity index (χ1v) is 18.1. The number of benzene rings is 3. The number of halogens is 1. The Bertz CT molecular complexity index is 2370. The number of aromatic nitrogens is 2. The highest BCUT2D eigenvalue weighted by molar-refractivity contribution is 7.92. The van der Waals surface area contributed by atoms with Gasteiger partial charge in [0.1, 0.15) is 17.2 Å². The van der Waals surface area contributed by atoms with Gasteiger partial charge in [0.2, 0.25) is 15.9 Å². The summed E-state index contributed by atoms with van der Waals surface area (Å²) in [5.74, 6) is -0.560. The first-order valence-electron chi connectivity index (χ1n) is 14.5. The van der Waals surface area contributed by atoms with Crippen molar-refractivity contribution in [3.05, 3.63) is 90.4 Å². The molecule has 48 heavy (non-hydrogen) atoms. The number of pyridine rings is 1. The Labute approximate surface area is 275 Å². The van der Waals surface area contributed by atoms with Crippen LogP contribution in [0.1, 0.15) is 17.3 Å². The fourth-order valence-corrected chi connectivity index (χ4v) is 7.06. The summed E-state index contributed by atoms with van der Waals surface area (Å²) in [7, 11) is -6.54. The van der Waals surface area contributed by atoms with Crippen molar-refractivity contribution < 1.29 is 39.0 Å². The van der Waals surface area contributed by atoms with E-state index in [1.807, 2.05) is 0 Å². The molecule has 0 aliphatic carbocycles. The normalized spacial score (nSPS) is 12.8. The van der Waals surface area contributed by atoms with Gasteiger partial charge in [0.25, 0.3) is 16.0 Å². The lowest BCUT2D eigenvalue weighted by Crippen LogP contribution is -2.38. The fraction of sp³-hybridized carbons (Fsp3) is 0.182. The van der Waals surface area contributed by atoms with Crippen LogP contribution in [0.15, 0.2) is 87.8 Å². The van der Waals surface area contributed by atoms with Gasteiger partial charge in [-0.25, -0.2) is 17.8 Å². The number of carbonyl (C=O) groups excluding carboxylic acids is 1. The lowest BCUT2D eigenvalue weighted by atomic mass is 9.97. The second-order valence-electron chi connectivity index (χ2n) is 11.1. The van der Waals surface area contributed by atoms with E-state index in [1.165, 1.54) is 44.3 Å². The molecule has 0 fully saturated rings. The highest BCUT2D eigenvalue weighted by atomic mass is 32.2. The smallest absolute Gasteiger partial charge is 0.264 e. The Kier molecular flexibility index (Phi) is 8.53. The van der Waals surface area contributed by atoms with Gasteiger partial charge in [0, 0.05) is 41.4 Å². The molecule has 0 spiro atoms. The lowest BCUT2D eigenvalue weighted by Gasteiger charge is -2.27. The first kappa shape index (κ1) is 32.8. The molecule has 3 heterocycles. The summed E-state index contributed by atoms with van der Waals surface area (Å²) in [6.45, 7) is 1.05. The average molecular weight is 693 g/mol. The van der Waals surface area contributed by atoms with Crippen LogP contribution in [0.2, 0.25) is 0 Å². The summed E-state index contributed by atoms with van der Waals surface area (Å²) in [4.78, 5) is 22.0. The number of carbonyl (C=O) groups is 1. The van der Waals surface area contributed by atoms with E-state index in [9.17, 15) is 26.0 Å². The van der Waals surface area contributed by atoms with E-state index in [0.29, 0.717) is 38.9 Å². The molecular formula is C33H29FN4O8S2. The summed E-state index contributed by atoms with van der Waals surface area (Å²) in [6.07, 6.45) is 2.37. The zero-order chi connectivity index (χ0) is 34.4. The molecule has 0 saturated carbocycles. The van der Waals surface area contributed by atoms with Gasteiger partial charge in [-0.3, -0.25) is 13.3 Å². The number of fused-ring (bicyclic) bond motifs is 2. The van der Waals surface area contributed by atoms with Gasteiger partial charge in [-0.05, 0) is 67.1 Å². The van der Waals surface area contributed by atoms with Crippen molar-refractivity contribution in [2.45, 2.75) is 13.0 Å². The molecule has 1 amide bonds. The number of sulfonamides is 1. The number of anilines is 1. The summed E-state index contributed by atoms with van der Waals surface area (Å²) >= 11 is 0. The highest BCUT2D eigenvalue weighted by Gasteiger charge is 2.29. The van der Waals surface area contributed by atoms with Crippen molar-refractivity contribution >= 4 is 53.9 Å². The minimum absolute atomic E-state index is 0.119. The van der Waals surface area contributed by atoms with Crippen molar-refractivity contribution in [2.75, 3.05) is 30.4 Å². The van der Waals surface area contributed by atoms with E-state index in [4.69, 9.17) is 13.0 Å². The molecule has 0 aliphatic heterocycles. The summed E-state index contributed by atoms with van der Waals surface area (Å²) in [5, 5.41) is 2.96. The van der Waals surface area contributed by atoms with Gasteiger partial charge in [-0.15, -0.1) is 0 Å². The van der Waals surface area contributed by atoms with E-state index in [-0.39, 0.29) is 35.0 Å². The Morgan fingerprint density at radius 2 is 1.67 bits per heavy atom. The number of oxazole rings is 1. The molecule has 0 aliphatic rings. The molecule has 3 aromatic carbocycles. The molecule has 0 bridgehead atoms. The van der Waals surface area contributed by atoms with Crippen LogP contribution in [0.3, 0.4) is 0 Å². The predicted molar refractivity (Wildman–Crippen MR) is 179 cm³/mol. The maximum absolute atomic E-state index is 13.8. The number of hydrogen-bond donors (Lipinski definition) is 1. The average Bonchev–Trinajstić information content (AvgIpc) is 3.63. The lowest BCUT2D eigenvalue weighted by molar-refractivity contribution is 0.0964. The Hall–Kier alpha value is -5.12. The predicted octanol–water partition coefficient (Wildman–Crippen LogP) is 5.60. The maximum atomic E-state index is 13.8. The third-order valence-corrected chi connectivity index (χ3v) is 9.21. The van der Waals surface area contributed by atoms with Gasteiger partial charge in [-0.1, -0.05) is 12.1 Å². The van der Waals surface area contributed by atoms with Gasteiger partial charge in [0.15, 0.2) is 11.2 Å². The monoisotopic (exact) mass is 692 g/mol. The number of furan rings is 1. The second kappa shape index (κ2) is 12.5. The highest BCUT2D eigenvalue weighted by Crippen LogP contribution is 2.42. The molecule has 1 unspecified atom stereocenters.